The molecule has 0 saturated heterocycles. The first-order valence-corrected chi connectivity index (χ1v) is 13.6. The largest absolute Gasteiger partial charge is 0.364 e. The fourth-order valence-corrected chi connectivity index (χ4v) is 6.84. The summed E-state index contributed by atoms with van der Waals surface area (Å²) in [6, 6.07) is 16.0. The van der Waals surface area contributed by atoms with Crippen molar-refractivity contribution < 1.29 is 8.42 Å². The highest BCUT2D eigenvalue weighted by atomic mass is 32.2. The predicted octanol–water partition coefficient (Wildman–Crippen LogP) is 4.85. The Morgan fingerprint density at radius 3 is 2.71 bits per heavy atom. The van der Waals surface area contributed by atoms with E-state index in [9.17, 15) is 8.42 Å². The van der Waals surface area contributed by atoms with Gasteiger partial charge in [-0.2, -0.15) is 15.6 Å². The van der Waals surface area contributed by atoms with E-state index in [4.69, 9.17) is 6.57 Å². The summed E-state index contributed by atoms with van der Waals surface area (Å²) in [4.78, 5) is 10.3. The molecule has 9 heteroatoms. The molecule has 2 aromatic carbocycles. The van der Waals surface area contributed by atoms with Crippen LogP contribution >= 0.6 is 11.3 Å². The maximum Gasteiger partial charge on any atom is 0.243 e. The van der Waals surface area contributed by atoms with E-state index >= 15 is 0 Å². The first-order chi connectivity index (χ1) is 17.0. The van der Waals surface area contributed by atoms with Crippen LogP contribution in [0.3, 0.4) is 0 Å². The Kier molecular flexibility index (Phi) is 6.43. The van der Waals surface area contributed by atoms with Gasteiger partial charge in [-0.1, -0.05) is 30.3 Å². The molecule has 1 atom stereocenters. The summed E-state index contributed by atoms with van der Waals surface area (Å²) in [7, 11) is -1.80. The number of aryl methyl sites for hydroxylation is 1. The molecule has 5 rings (SSSR count). The van der Waals surface area contributed by atoms with Gasteiger partial charge in [0.05, 0.1) is 30.0 Å². The first kappa shape index (κ1) is 23.3. The number of benzene rings is 2. The van der Waals surface area contributed by atoms with Crippen molar-refractivity contribution in [2.24, 2.45) is 7.05 Å². The van der Waals surface area contributed by atoms with Gasteiger partial charge >= 0.3 is 0 Å². The molecule has 2 aromatic heterocycles. The van der Waals surface area contributed by atoms with E-state index in [1.807, 2.05) is 58.9 Å². The molecule has 1 unspecified atom stereocenters. The van der Waals surface area contributed by atoms with E-state index in [-0.39, 0.29) is 10.9 Å². The third kappa shape index (κ3) is 4.73. The number of fused-ring (bicyclic) bond motifs is 1. The van der Waals surface area contributed by atoms with Crippen LogP contribution < -0.4 is 4.90 Å². The van der Waals surface area contributed by atoms with E-state index in [1.54, 1.807) is 46.2 Å². The zero-order valence-corrected chi connectivity index (χ0v) is 20.9. The molecule has 1 aliphatic heterocycles. The number of thiophene rings is 1. The predicted molar refractivity (Wildman–Crippen MR) is 138 cm³/mol. The van der Waals surface area contributed by atoms with Crippen molar-refractivity contribution in [1.29, 1.82) is 0 Å². The fourth-order valence-electron chi connectivity index (χ4n) is 4.56. The Hall–Kier alpha value is -3.45. The van der Waals surface area contributed by atoms with Crippen molar-refractivity contribution in [3.8, 4) is 0 Å². The van der Waals surface area contributed by atoms with Gasteiger partial charge in [0.1, 0.15) is 0 Å². The van der Waals surface area contributed by atoms with E-state index in [0.29, 0.717) is 31.7 Å². The Morgan fingerprint density at radius 1 is 1.20 bits per heavy atom. The summed E-state index contributed by atoms with van der Waals surface area (Å²) in [6.07, 6.45) is 4.14. The lowest BCUT2D eigenvalue weighted by molar-refractivity contribution is 0.303. The minimum Gasteiger partial charge on any atom is -0.364 e. The Bertz CT molecular complexity index is 1460. The molecular formula is C26H25N5O2S2. The summed E-state index contributed by atoms with van der Waals surface area (Å²) in [5.74, 6) is 0. The molecule has 1 aliphatic rings. The van der Waals surface area contributed by atoms with Gasteiger partial charge in [-0.3, -0.25) is 0 Å². The molecule has 0 fully saturated rings. The highest BCUT2D eigenvalue weighted by Crippen LogP contribution is 2.35. The number of hydrogen-bond donors (Lipinski definition) is 0. The third-order valence-corrected chi connectivity index (χ3v) is 9.01. The van der Waals surface area contributed by atoms with Crippen LogP contribution in [0.2, 0.25) is 0 Å². The van der Waals surface area contributed by atoms with E-state index in [0.717, 1.165) is 22.5 Å². The maximum atomic E-state index is 13.9. The molecule has 0 saturated carbocycles. The monoisotopic (exact) mass is 503 g/mol. The Labute approximate surface area is 209 Å². The maximum absolute atomic E-state index is 13.9. The van der Waals surface area contributed by atoms with Gasteiger partial charge in [0.15, 0.2) is 5.69 Å². The number of nitrogens with zero attached hydrogens (tertiary/aromatic N) is 5. The van der Waals surface area contributed by atoms with Crippen molar-refractivity contribution >= 4 is 32.7 Å². The van der Waals surface area contributed by atoms with Crippen molar-refractivity contribution in [2.75, 3.05) is 11.4 Å². The van der Waals surface area contributed by atoms with Gasteiger partial charge in [0.25, 0.3) is 0 Å². The minimum atomic E-state index is -3.76. The van der Waals surface area contributed by atoms with E-state index in [2.05, 4.69) is 14.7 Å². The van der Waals surface area contributed by atoms with Crippen molar-refractivity contribution in [3.05, 3.63) is 106 Å². The zero-order valence-electron chi connectivity index (χ0n) is 19.3. The average molecular weight is 504 g/mol. The second-order valence-electron chi connectivity index (χ2n) is 8.65. The minimum absolute atomic E-state index is 0.286. The fraction of sp³-hybridized carbons (Fsp3) is 0.231. The van der Waals surface area contributed by atoms with Crippen molar-refractivity contribution in [1.82, 2.24) is 13.9 Å². The summed E-state index contributed by atoms with van der Waals surface area (Å²) < 4.78 is 31.4. The highest BCUT2D eigenvalue weighted by Gasteiger charge is 2.36. The molecule has 0 aliphatic carbocycles. The molecule has 4 aromatic rings. The topological polar surface area (TPSA) is 62.8 Å². The van der Waals surface area contributed by atoms with Crippen molar-refractivity contribution in [2.45, 2.75) is 30.4 Å². The number of anilines is 1. The number of sulfonamides is 1. The van der Waals surface area contributed by atoms with Crippen LogP contribution in [-0.4, -0.2) is 34.9 Å². The number of aromatic nitrogens is 2. The van der Waals surface area contributed by atoms with Gasteiger partial charge < -0.3 is 9.47 Å². The lowest BCUT2D eigenvalue weighted by Gasteiger charge is -2.41. The molecule has 0 N–H and O–H groups in total. The average Bonchev–Trinajstić information content (AvgIpc) is 3.54. The molecule has 0 radical (unpaired) electrons. The molecule has 0 amide bonds. The van der Waals surface area contributed by atoms with Crippen LogP contribution in [0.4, 0.5) is 11.4 Å². The second kappa shape index (κ2) is 9.66. The van der Waals surface area contributed by atoms with Crippen LogP contribution in [0.1, 0.15) is 16.8 Å². The lowest BCUT2D eigenvalue weighted by Crippen LogP contribution is -2.50. The second-order valence-corrected chi connectivity index (χ2v) is 11.3. The first-order valence-electron chi connectivity index (χ1n) is 11.2. The Balaban J connectivity index is 1.57. The summed E-state index contributed by atoms with van der Waals surface area (Å²) in [5.41, 5.74) is 4.56. The number of hydrogen-bond acceptors (Lipinski definition) is 5. The summed E-state index contributed by atoms with van der Waals surface area (Å²) in [6.45, 7) is 8.89. The normalized spacial score (nSPS) is 15.7. The molecule has 7 nitrogen and oxygen atoms in total. The van der Waals surface area contributed by atoms with Gasteiger partial charge in [-0.25, -0.2) is 18.2 Å². The third-order valence-electron chi connectivity index (χ3n) is 6.36. The lowest BCUT2D eigenvalue weighted by atomic mass is 9.96. The molecule has 35 heavy (non-hydrogen) atoms. The van der Waals surface area contributed by atoms with E-state index in [1.165, 1.54) is 0 Å². The number of imidazole rings is 1. The standard InChI is InChI=1S/C26H25N5O2S2/c1-27-22-8-9-26-21(12-22)13-23(16-30(26)17-24-14-28-19-29(24)2)31(15-20-10-11-34-18-20)35(32,33)25-6-4-3-5-7-25/h3-12,14,18-19,23H,13,15-17H2,2H3. The molecule has 0 spiro atoms. The van der Waals surface area contributed by atoms with Gasteiger partial charge in [-0.15, -0.1) is 0 Å². The summed E-state index contributed by atoms with van der Waals surface area (Å²) in [5, 5.41) is 3.96. The Morgan fingerprint density at radius 2 is 2.03 bits per heavy atom. The van der Waals surface area contributed by atoms with Crippen molar-refractivity contribution in [3.63, 3.8) is 0 Å². The number of rotatable bonds is 7. The zero-order chi connectivity index (χ0) is 24.4. The summed E-state index contributed by atoms with van der Waals surface area (Å²) >= 11 is 1.56. The van der Waals surface area contributed by atoms with Crippen LogP contribution in [0.5, 0.6) is 0 Å². The smallest absolute Gasteiger partial charge is 0.243 e. The van der Waals surface area contributed by atoms with Gasteiger partial charge in [0.2, 0.25) is 10.0 Å². The van der Waals surface area contributed by atoms with Gasteiger partial charge in [-0.05, 0) is 52.6 Å². The highest BCUT2D eigenvalue weighted by molar-refractivity contribution is 7.89. The van der Waals surface area contributed by atoms with Crippen LogP contribution in [0.15, 0.2) is 82.8 Å². The van der Waals surface area contributed by atoms with Crippen LogP contribution in [-0.2, 0) is 36.6 Å². The SMILES string of the molecule is [C-]#[N+]c1ccc2c(c1)CC(N(Cc1ccsc1)S(=O)(=O)c1ccccc1)CN2Cc1cncn1C. The quantitative estimate of drug-likeness (QED) is 0.338. The van der Waals surface area contributed by atoms with E-state index < -0.39 is 10.0 Å². The molecule has 178 valence electrons. The molecule has 0 bridgehead atoms. The molecular weight excluding hydrogens is 478 g/mol. The van der Waals surface area contributed by atoms with Crippen LogP contribution in [0, 0.1) is 6.57 Å². The van der Waals surface area contributed by atoms with Gasteiger partial charge in [0, 0.05) is 38.1 Å². The van der Waals surface area contributed by atoms with Crippen LogP contribution in [0.25, 0.3) is 4.85 Å². The molecule has 3 heterocycles.